The molecule has 26 heavy (non-hydrogen) atoms. The zero-order valence-electron chi connectivity index (χ0n) is 16.0. The summed E-state index contributed by atoms with van der Waals surface area (Å²) in [5.41, 5.74) is 0.664. The highest BCUT2D eigenvalue weighted by Crippen LogP contribution is 2.28. The summed E-state index contributed by atoms with van der Waals surface area (Å²) in [6, 6.07) is 2.17. The Labute approximate surface area is 156 Å². The maximum atomic E-state index is 12.5. The minimum absolute atomic E-state index is 0.113. The Balaban J connectivity index is 1.46. The lowest BCUT2D eigenvalue weighted by Crippen LogP contribution is -2.41. The van der Waals surface area contributed by atoms with Gasteiger partial charge in [0.2, 0.25) is 5.91 Å². The van der Waals surface area contributed by atoms with Crippen molar-refractivity contribution in [2.75, 3.05) is 19.7 Å². The Kier molecular flexibility index (Phi) is 6.12. The average Bonchev–Trinajstić information content (AvgIpc) is 3.01. The molecule has 0 spiro atoms. The predicted octanol–water partition coefficient (Wildman–Crippen LogP) is 2.80. The van der Waals surface area contributed by atoms with Crippen LogP contribution in [0.15, 0.2) is 6.07 Å². The molecule has 3 rings (SSSR count). The number of carbonyl (C=O) groups is 1. The van der Waals surface area contributed by atoms with Crippen LogP contribution in [0.1, 0.15) is 62.8 Å². The molecule has 1 aliphatic heterocycles. The molecule has 6 heteroatoms. The predicted molar refractivity (Wildman–Crippen MR) is 99.0 cm³/mol. The Hall–Kier alpha value is -1.69. The van der Waals surface area contributed by atoms with Crippen LogP contribution in [-0.4, -0.2) is 51.2 Å². The second kappa shape index (κ2) is 8.33. The van der Waals surface area contributed by atoms with Gasteiger partial charge in [-0.2, -0.15) is 0 Å². The number of aromatic nitrogens is 2. The number of hydrogen-bond donors (Lipinski definition) is 1. The molecular weight excluding hydrogens is 330 g/mol. The van der Waals surface area contributed by atoms with Crippen LogP contribution in [0.5, 0.6) is 6.01 Å². The van der Waals surface area contributed by atoms with Crippen LogP contribution in [0.3, 0.4) is 0 Å². The van der Waals surface area contributed by atoms with Gasteiger partial charge in [-0.1, -0.05) is 32.1 Å². The van der Waals surface area contributed by atoms with Crippen molar-refractivity contribution in [2.24, 2.45) is 5.92 Å². The first-order valence-corrected chi connectivity index (χ1v) is 9.89. The number of aliphatic hydroxyl groups is 1. The van der Waals surface area contributed by atoms with E-state index < -0.39 is 5.60 Å². The number of nitrogens with zero attached hydrogens (tertiary/aromatic N) is 3. The van der Waals surface area contributed by atoms with E-state index in [1.807, 2.05) is 19.9 Å². The molecule has 0 aromatic carbocycles. The van der Waals surface area contributed by atoms with Gasteiger partial charge in [-0.15, -0.1) is 0 Å². The van der Waals surface area contributed by atoms with E-state index in [2.05, 4.69) is 9.97 Å². The van der Waals surface area contributed by atoms with Gasteiger partial charge < -0.3 is 14.7 Å². The Bertz CT molecular complexity index is 610. The first kappa shape index (κ1) is 19.1. The lowest BCUT2D eigenvalue weighted by Gasteiger charge is -2.24. The van der Waals surface area contributed by atoms with E-state index in [-0.39, 0.29) is 18.5 Å². The van der Waals surface area contributed by atoms with E-state index in [4.69, 9.17) is 4.74 Å². The zero-order chi connectivity index (χ0) is 18.6. The molecule has 1 aromatic rings. The van der Waals surface area contributed by atoms with Gasteiger partial charge >= 0.3 is 6.01 Å². The van der Waals surface area contributed by atoms with Crippen molar-refractivity contribution in [3.63, 3.8) is 0 Å². The lowest BCUT2D eigenvalue weighted by molar-refractivity contribution is -0.131. The number of aryl methyl sites for hydroxylation is 2. The smallest absolute Gasteiger partial charge is 0.316 e. The van der Waals surface area contributed by atoms with Crippen LogP contribution in [0.2, 0.25) is 0 Å². The summed E-state index contributed by atoms with van der Waals surface area (Å²) < 4.78 is 5.63. The minimum Gasteiger partial charge on any atom is -0.460 e. The van der Waals surface area contributed by atoms with Crippen molar-refractivity contribution in [3.05, 3.63) is 17.5 Å². The van der Waals surface area contributed by atoms with Crippen molar-refractivity contribution < 1.29 is 14.6 Å². The third-order valence-electron chi connectivity index (χ3n) is 5.61. The SMILES string of the molecule is Cc1cc(C)nc(OC[C@@]2(O)CCN(C(=O)CCC3CCCCC3)C2)n1. The Morgan fingerprint density at radius 1 is 1.27 bits per heavy atom. The fourth-order valence-electron chi connectivity index (χ4n) is 4.11. The second-order valence-corrected chi connectivity index (χ2v) is 8.05. The molecule has 0 radical (unpaired) electrons. The summed E-state index contributed by atoms with van der Waals surface area (Å²) >= 11 is 0. The fraction of sp³-hybridized carbons (Fsp3) is 0.750. The quantitative estimate of drug-likeness (QED) is 0.843. The van der Waals surface area contributed by atoms with E-state index >= 15 is 0 Å². The minimum atomic E-state index is -1.01. The highest BCUT2D eigenvalue weighted by Gasteiger charge is 2.39. The molecule has 1 saturated carbocycles. The first-order chi connectivity index (χ1) is 12.4. The average molecular weight is 361 g/mol. The molecule has 1 saturated heterocycles. The van der Waals surface area contributed by atoms with Crippen LogP contribution in [0.4, 0.5) is 0 Å². The molecule has 1 aromatic heterocycles. The van der Waals surface area contributed by atoms with Crippen molar-refractivity contribution >= 4 is 5.91 Å². The highest BCUT2D eigenvalue weighted by molar-refractivity contribution is 5.76. The van der Waals surface area contributed by atoms with Gasteiger partial charge in [-0.3, -0.25) is 4.79 Å². The molecule has 0 unspecified atom stereocenters. The maximum Gasteiger partial charge on any atom is 0.316 e. The van der Waals surface area contributed by atoms with E-state index in [0.717, 1.165) is 17.8 Å². The fourth-order valence-corrected chi connectivity index (χ4v) is 4.11. The second-order valence-electron chi connectivity index (χ2n) is 8.05. The Morgan fingerprint density at radius 2 is 1.96 bits per heavy atom. The van der Waals surface area contributed by atoms with Crippen molar-refractivity contribution in [1.82, 2.24) is 14.9 Å². The van der Waals surface area contributed by atoms with Crippen molar-refractivity contribution in [1.29, 1.82) is 0 Å². The molecule has 2 heterocycles. The molecule has 1 amide bonds. The number of likely N-dealkylation sites (tertiary alicyclic amines) is 1. The molecule has 1 aliphatic carbocycles. The molecule has 2 aliphatic rings. The number of rotatable bonds is 6. The number of ether oxygens (including phenoxy) is 1. The Morgan fingerprint density at radius 3 is 2.65 bits per heavy atom. The van der Waals surface area contributed by atoms with Gasteiger partial charge in [0.1, 0.15) is 12.2 Å². The highest BCUT2D eigenvalue weighted by atomic mass is 16.5. The lowest BCUT2D eigenvalue weighted by atomic mass is 9.86. The number of hydrogen-bond acceptors (Lipinski definition) is 5. The normalized spacial score (nSPS) is 24.0. The maximum absolute atomic E-state index is 12.5. The first-order valence-electron chi connectivity index (χ1n) is 9.89. The number of amides is 1. The van der Waals surface area contributed by atoms with Crippen LogP contribution in [-0.2, 0) is 4.79 Å². The van der Waals surface area contributed by atoms with Crippen molar-refractivity contribution in [2.45, 2.75) is 70.8 Å². The topological polar surface area (TPSA) is 75.6 Å². The standard InChI is InChI=1S/C20H31N3O3/c1-15-12-16(2)22-19(21-15)26-14-20(25)10-11-23(13-20)18(24)9-8-17-6-4-3-5-7-17/h12,17,25H,3-11,13-14H2,1-2H3/t20-/m1/s1. The van der Waals surface area contributed by atoms with Gasteiger partial charge in [0.15, 0.2) is 0 Å². The molecule has 0 bridgehead atoms. The summed E-state index contributed by atoms with van der Waals surface area (Å²) in [5, 5.41) is 10.8. The van der Waals surface area contributed by atoms with Crippen LogP contribution < -0.4 is 4.74 Å². The molecule has 1 atom stereocenters. The van der Waals surface area contributed by atoms with E-state index in [0.29, 0.717) is 31.8 Å². The largest absolute Gasteiger partial charge is 0.460 e. The van der Waals surface area contributed by atoms with Gasteiger partial charge in [0, 0.05) is 24.4 Å². The van der Waals surface area contributed by atoms with Gasteiger partial charge in [-0.25, -0.2) is 9.97 Å². The van der Waals surface area contributed by atoms with Gasteiger partial charge in [-0.05, 0) is 38.7 Å². The zero-order valence-corrected chi connectivity index (χ0v) is 16.0. The van der Waals surface area contributed by atoms with Crippen LogP contribution in [0.25, 0.3) is 0 Å². The van der Waals surface area contributed by atoms with E-state index in [9.17, 15) is 9.90 Å². The number of carbonyl (C=O) groups excluding carboxylic acids is 1. The molecule has 144 valence electrons. The number of β-amino-alcohol motifs (C(OH)–C–C–N with tert-alkyl or cyclic N) is 1. The molecule has 6 nitrogen and oxygen atoms in total. The monoisotopic (exact) mass is 361 g/mol. The van der Waals surface area contributed by atoms with Gasteiger partial charge in [0.05, 0.1) is 6.54 Å². The van der Waals surface area contributed by atoms with E-state index in [1.165, 1.54) is 32.1 Å². The summed E-state index contributed by atoms with van der Waals surface area (Å²) in [6.07, 6.45) is 8.60. The third-order valence-corrected chi connectivity index (χ3v) is 5.61. The summed E-state index contributed by atoms with van der Waals surface area (Å²) in [6.45, 7) is 4.82. The van der Waals surface area contributed by atoms with Crippen LogP contribution in [0, 0.1) is 19.8 Å². The summed E-state index contributed by atoms with van der Waals surface area (Å²) in [5.74, 6) is 0.869. The summed E-state index contributed by atoms with van der Waals surface area (Å²) in [4.78, 5) is 22.7. The van der Waals surface area contributed by atoms with Crippen molar-refractivity contribution in [3.8, 4) is 6.01 Å². The van der Waals surface area contributed by atoms with E-state index in [1.54, 1.807) is 4.90 Å². The summed E-state index contributed by atoms with van der Waals surface area (Å²) in [7, 11) is 0. The molecular formula is C20H31N3O3. The third kappa shape index (κ3) is 5.16. The molecule has 1 N–H and O–H groups in total. The molecule has 2 fully saturated rings. The van der Waals surface area contributed by atoms with Gasteiger partial charge in [0.25, 0.3) is 0 Å². The van der Waals surface area contributed by atoms with Crippen LogP contribution >= 0.6 is 0 Å².